The summed E-state index contributed by atoms with van der Waals surface area (Å²) in [6, 6.07) is 10.5. The molecule has 1 aliphatic rings. The molecule has 0 spiro atoms. The zero-order valence-electron chi connectivity index (χ0n) is 17.7. The molecule has 0 unspecified atom stereocenters. The number of fused-ring (bicyclic) bond motifs is 1. The highest BCUT2D eigenvalue weighted by atomic mass is 16.2. The number of benzene rings is 1. The standard InChI is InChI=1S/C22H28N6O2/c1-22(2,3)16-4-6-18(7-5-16)26-12-9-17(10-13-26)25-20(29)14-27-21(30)19-8-11-23-28(19)15-24-27/h4-8,11,15,17H,9-10,12-14H2,1-3H3,(H,25,29). The number of amides is 1. The molecule has 1 saturated heterocycles. The second-order valence-corrected chi connectivity index (χ2v) is 8.88. The van der Waals surface area contributed by atoms with Crippen molar-refractivity contribution in [3.63, 3.8) is 0 Å². The maximum absolute atomic E-state index is 12.4. The van der Waals surface area contributed by atoms with E-state index in [2.05, 4.69) is 65.5 Å². The van der Waals surface area contributed by atoms with Crippen LogP contribution in [-0.4, -0.2) is 44.4 Å². The first-order valence-electron chi connectivity index (χ1n) is 10.4. The summed E-state index contributed by atoms with van der Waals surface area (Å²) in [6.45, 7) is 8.34. The van der Waals surface area contributed by atoms with Crippen molar-refractivity contribution in [1.29, 1.82) is 0 Å². The summed E-state index contributed by atoms with van der Waals surface area (Å²) in [7, 11) is 0. The molecule has 0 aliphatic carbocycles. The molecule has 1 fully saturated rings. The van der Waals surface area contributed by atoms with Gasteiger partial charge in [0.15, 0.2) is 0 Å². The summed E-state index contributed by atoms with van der Waals surface area (Å²) in [6.07, 6.45) is 4.72. The fraction of sp³-hybridized carbons (Fsp3) is 0.455. The Morgan fingerprint density at radius 1 is 1.10 bits per heavy atom. The second-order valence-electron chi connectivity index (χ2n) is 8.88. The Balaban J connectivity index is 1.31. The van der Waals surface area contributed by atoms with Crippen LogP contribution in [0.5, 0.6) is 0 Å². The maximum Gasteiger partial charge on any atom is 0.293 e. The van der Waals surface area contributed by atoms with Crippen LogP contribution in [0, 0.1) is 0 Å². The molecule has 1 aromatic carbocycles. The van der Waals surface area contributed by atoms with Crippen LogP contribution in [0.15, 0.2) is 47.7 Å². The van der Waals surface area contributed by atoms with E-state index in [0.717, 1.165) is 25.9 Å². The predicted molar refractivity (Wildman–Crippen MR) is 116 cm³/mol. The van der Waals surface area contributed by atoms with Gasteiger partial charge in [0.1, 0.15) is 18.4 Å². The van der Waals surface area contributed by atoms with Crippen molar-refractivity contribution in [3.05, 3.63) is 58.8 Å². The third-order valence-corrected chi connectivity index (χ3v) is 5.68. The first-order chi connectivity index (χ1) is 14.3. The molecular formula is C22H28N6O2. The van der Waals surface area contributed by atoms with E-state index in [-0.39, 0.29) is 29.5 Å². The lowest BCUT2D eigenvalue weighted by Gasteiger charge is -2.34. The Kier molecular flexibility index (Phi) is 5.32. The van der Waals surface area contributed by atoms with Crippen LogP contribution in [0.4, 0.5) is 5.69 Å². The van der Waals surface area contributed by atoms with Crippen molar-refractivity contribution in [2.75, 3.05) is 18.0 Å². The minimum atomic E-state index is -0.321. The van der Waals surface area contributed by atoms with E-state index in [1.165, 1.54) is 33.0 Å². The van der Waals surface area contributed by atoms with E-state index < -0.39 is 0 Å². The van der Waals surface area contributed by atoms with Crippen LogP contribution in [0.3, 0.4) is 0 Å². The SMILES string of the molecule is CC(C)(C)c1ccc(N2CCC(NC(=O)Cn3ncn4nccc4c3=O)CC2)cc1. The molecule has 0 radical (unpaired) electrons. The fourth-order valence-electron chi connectivity index (χ4n) is 3.85. The van der Waals surface area contributed by atoms with Crippen molar-refractivity contribution in [3.8, 4) is 0 Å². The Bertz CT molecular complexity index is 1090. The van der Waals surface area contributed by atoms with Gasteiger partial charge in [0.2, 0.25) is 5.91 Å². The summed E-state index contributed by atoms with van der Waals surface area (Å²) in [5.74, 6) is -0.193. The van der Waals surface area contributed by atoms with Crippen molar-refractivity contribution in [2.45, 2.75) is 51.6 Å². The average molecular weight is 409 g/mol. The maximum atomic E-state index is 12.4. The first kappa shape index (κ1) is 20.1. The number of nitrogens with one attached hydrogen (secondary N) is 1. The molecule has 3 heterocycles. The van der Waals surface area contributed by atoms with Crippen molar-refractivity contribution in [1.82, 2.24) is 24.7 Å². The molecule has 1 N–H and O–H groups in total. The number of carbonyl (C=O) groups excluding carboxylic acids is 1. The second kappa shape index (κ2) is 7.93. The molecule has 2 aromatic heterocycles. The highest BCUT2D eigenvalue weighted by Gasteiger charge is 2.22. The van der Waals surface area contributed by atoms with Gasteiger partial charge >= 0.3 is 0 Å². The van der Waals surface area contributed by atoms with Crippen molar-refractivity contribution >= 4 is 17.1 Å². The summed E-state index contributed by atoms with van der Waals surface area (Å²) < 4.78 is 2.58. The van der Waals surface area contributed by atoms with Gasteiger partial charge in [-0.05, 0) is 42.0 Å². The van der Waals surface area contributed by atoms with E-state index in [0.29, 0.717) is 5.52 Å². The number of hydrogen-bond acceptors (Lipinski definition) is 5. The summed E-state index contributed by atoms with van der Waals surface area (Å²) >= 11 is 0. The van der Waals surface area contributed by atoms with Gasteiger partial charge in [-0.25, -0.2) is 9.20 Å². The highest BCUT2D eigenvalue weighted by Crippen LogP contribution is 2.26. The summed E-state index contributed by atoms with van der Waals surface area (Å²) in [4.78, 5) is 27.2. The number of rotatable bonds is 4. The third-order valence-electron chi connectivity index (χ3n) is 5.68. The molecule has 0 bridgehead atoms. The largest absolute Gasteiger partial charge is 0.371 e. The van der Waals surface area contributed by atoms with Crippen LogP contribution in [0.2, 0.25) is 0 Å². The summed E-state index contributed by atoms with van der Waals surface area (Å²) in [5.41, 5.74) is 2.78. The van der Waals surface area contributed by atoms with E-state index in [9.17, 15) is 9.59 Å². The van der Waals surface area contributed by atoms with Crippen LogP contribution >= 0.6 is 0 Å². The molecule has 8 heteroatoms. The lowest BCUT2D eigenvalue weighted by atomic mass is 9.87. The molecule has 0 atom stereocenters. The monoisotopic (exact) mass is 408 g/mol. The quantitative estimate of drug-likeness (QED) is 0.714. The summed E-state index contributed by atoms with van der Waals surface area (Å²) in [5, 5.41) is 11.1. The molecule has 3 aromatic rings. The van der Waals surface area contributed by atoms with E-state index in [1.807, 2.05) is 0 Å². The number of piperidine rings is 1. The molecule has 4 rings (SSSR count). The predicted octanol–water partition coefficient (Wildman–Crippen LogP) is 1.97. The minimum Gasteiger partial charge on any atom is -0.371 e. The number of nitrogens with zero attached hydrogens (tertiary/aromatic N) is 5. The Labute approximate surface area is 175 Å². The van der Waals surface area contributed by atoms with Gasteiger partial charge in [0, 0.05) is 24.8 Å². The molecular weight excluding hydrogens is 380 g/mol. The number of anilines is 1. The van der Waals surface area contributed by atoms with Gasteiger partial charge in [-0.3, -0.25) is 9.59 Å². The zero-order chi connectivity index (χ0) is 21.3. The molecule has 8 nitrogen and oxygen atoms in total. The van der Waals surface area contributed by atoms with E-state index >= 15 is 0 Å². The van der Waals surface area contributed by atoms with Crippen LogP contribution in [0.1, 0.15) is 39.2 Å². The number of aromatic nitrogens is 4. The smallest absolute Gasteiger partial charge is 0.293 e. The molecule has 158 valence electrons. The van der Waals surface area contributed by atoms with Gasteiger partial charge in [0.25, 0.3) is 5.56 Å². The normalized spacial score (nSPS) is 15.5. The van der Waals surface area contributed by atoms with Crippen molar-refractivity contribution < 1.29 is 4.79 Å². The number of carbonyl (C=O) groups is 1. The van der Waals surface area contributed by atoms with Crippen LogP contribution in [-0.2, 0) is 16.8 Å². The third kappa shape index (κ3) is 4.22. The molecule has 0 saturated carbocycles. The van der Waals surface area contributed by atoms with E-state index in [4.69, 9.17) is 0 Å². The van der Waals surface area contributed by atoms with Crippen LogP contribution in [0.25, 0.3) is 5.52 Å². The first-order valence-corrected chi connectivity index (χ1v) is 10.4. The average Bonchev–Trinajstić information content (AvgIpc) is 3.20. The lowest BCUT2D eigenvalue weighted by molar-refractivity contribution is -0.122. The Hall–Kier alpha value is -3.16. The minimum absolute atomic E-state index is 0.0883. The van der Waals surface area contributed by atoms with Gasteiger partial charge < -0.3 is 10.2 Å². The topological polar surface area (TPSA) is 84.5 Å². The highest BCUT2D eigenvalue weighted by molar-refractivity contribution is 5.76. The van der Waals surface area contributed by atoms with Crippen LogP contribution < -0.4 is 15.8 Å². The molecule has 30 heavy (non-hydrogen) atoms. The molecule has 1 aliphatic heterocycles. The van der Waals surface area contributed by atoms with Crippen molar-refractivity contribution in [2.24, 2.45) is 0 Å². The van der Waals surface area contributed by atoms with E-state index in [1.54, 1.807) is 6.07 Å². The van der Waals surface area contributed by atoms with Gasteiger partial charge in [0.05, 0.1) is 6.20 Å². The van der Waals surface area contributed by atoms with Gasteiger partial charge in [-0.1, -0.05) is 32.9 Å². The Morgan fingerprint density at radius 2 is 1.80 bits per heavy atom. The fourth-order valence-corrected chi connectivity index (χ4v) is 3.85. The van der Waals surface area contributed by atoms with Gasteiger partial charge in [-0.2, -0.15) is 10.2 Å². The molecule has 1 amide bonds. The number of hydrogen-bond donors (Lipinski definition) is 1. The lowest BCUT2D eigenvalue weighted by Crippen LogP contribution is -2.46. The Morgan fingerprint density at radius 3 is 2.47 bits per heavy atom. The van der Waals surface area contributed by atoms with Gasteiger partial charge in [-0.15, -0.1) is 0 Å². The zero-order valence-corrected chi connectivity index (χ0v) is 17.7.